The molecular formula is C12H16N2O2. The van der Waals surface area contributed by atoms with Crippen molar-refractivity contribution in [2.75, 3.05) is 24.7 Å². The summed E-state index contributed by atoms with van der Waals surface area (Å²) in [6, 6.07) is 7.66. The fraction of sp³-hybridized carbons (Fsp3) is 0.417. The van der Waals surface area contributed by atoms with Crippen molar-refractivity contribution in [2.24, 2.45) is 0 Å². The molecule has 0 N–H and O–H groups in total. The Balaban J connectivity index is 2.57. The van der Waals surface area contributed by atoms with Gasteiger partial charge in [0.15, 0.2) is 12.4 Å². The number of fused-ring (bicyclic) bond motifs is 1. The lowest BCUT2D eigenvalue weighted by Gasteiger charge is -2.32. The van der Waals surface area contributed by atoms with Gasteiger partial charge < -0.3 is 14.8 Å². The molecule has 4 heteroatoms. The van der Waals surface area contributed by atoms with Crippen LogP contribution >= 0.6 is 0 Å². The second-order valence-electron chi connectivity index (χ2n) is 4.04. The van der Waals surface area contributed by atoms with Crippen LogP contribution in [0.4, 0.5) is 16.2 Å². The standard InChI is InChI=1S/C12H16N2O2/c1-3-13-9-14(4-2,12(15)16)11-8-6-5-7-10(11)13/h5-8H,3-4,9H2,1-2H3. The first kappa shape index (κ1) is 11.0. The monoisotopic (exact) mass is 220 g/mol. The Labute approximate surface area is 95.3 Å². The van der Waals surface area contributed by atoms with Crippen LogP contribution in [0.1, 0.15) is 13.8 Å². The Kier molecular flexibility index (Phi) is 2.59. The van der Waals surface area contributed by atoms with E-state index in [9.17, 15) is 9.90 Å². The fourth-order valence-corrected chi connectivity index (χ4v) is 2.36. The smallest absolute Gasteiger partial charge is 0.264 e. The van der Waals surface area contributed by atoms with Crippen molar-refractivity contribution in [3.8, 4) is 0 Å². The molecule has 1 unspecified atom stereocenters. The van der Waals surface area contributed by atoms with Gasteiger partial charge in [0.2, 0.25) is 0 Å². The van der Waals surface area contributed by atoms with E-state index in [4.69, 9.17) is 0 Å². The van der Waals surface area contributed by atoms with Crippen LogP contribution in [0.3, 0.4) is 0 Å². The summed E-state index contributed by atoms with van der Waals surface area (Å²) < 4.78 is -0.0932. The maximum absolute atomic E-state index is 11.4. The van der Waals surface area contributed by atoms with E-state index in [0.29, 0.717) is 13.2 Å². The number of para-hydroxylation sites is 2. The number of rotatable bonds is 2. The van der Waals surface area contributed by atoms with Crippen LogP contribution in [0, 0.1) is 0 Å². The number of nitrogens with zero attached hydrogens (tertiary/aromatic N) is 2. The van der Waals surface area contributed by atoms with Crippen LogP contribution in [0.5, 0.6) is 0 Å². The van der Waals surface area contributed by atoms with Crippen LogP contribution < -0.4 is 14.5 Å². The first-order valence-corrected chi connectivity index (χ1v) is 5.59. The Bertz CT molecular complexity index is 419. The Morgan fingerprint density at radius 2 is 2.12 bits per heavy atom. The van der Waals surface area contributed by atoms with Crippen LogP contribution in [0.15, 0.2) is 24.3 Å². The number of carboxylic acid groups (broad SMARTS) is 1. The summed E-state index contributed by atoms with van der Waals surface area (Å²) in [5.41, 5.74) is 1.85. The minimum absolute atomic E-state index is 0.0932. The first-order valence-electron chi connectivity index (χ1n) is 5.59. The molecule has 86 valence electrons. The highest BCUT2D eigenvalue weighted by Crippen LogP contribution is 2.40. The van der Waals surface area contributed by atoms with Crippen molar-refractivity contribution in [3.63, 3.8) is 0 Å². The van der Waals surface area contributed by atoms with Gasteiger partial charge in [-0.3, -0.25) is 0 Å². The zero-order chi connectivity index (χ0) is 11.8. The highest BCUT2D eigenvalue weighted by molar-refractivity contribution is 5.88. The number of hydrogen-bond acceptors (Lipinski definition) is 3. The lowest BCUT2D eigenvalue weighted by Crippen LogP contribution is -2.60. The number of carbonyl (C=O) groups excluding carboxylic acids is 1. The second kappa shape index (κ2) is 3.79. The average Bonchev–Trinajstić information content (AvgIpc) is 2.64. The maximum atomic E-state index is 11.4. The van der Waals surface area contributed by atoms with Gasteiger partial charge in [0.05, 0.1) is 6.54 Å². The third-order valence-electron chi connectivity index (χ3n) is 3.37. The molecule has 0 spiro atoms. The predicted octanol–water partition coefficient (Wildman–Crippen LogP) is 1.15. The topological polar surface area (TPSA) is 43.4 Å². The normalized spacial score (nSPS) is 23.2. The summed E-state index contributed by atoms with van der Waals surface area (Å²) in [6.45, 7) is 5.70. The van der Waals surface area contributed by atoms with Crippen molar-refractivity contribution >= 4 is 17.5 Å². The number of quaternary nitrogens is 1. The highest BCUT2D eigenvalue weighted by Gasteiger charge is 2.42. The van der Waals surface area contributed by atoms with Crippen molar-refractivity contribution < 1.29 is 9.90 Å². The zero-order valence-corrected chi connectivity index (χ0v) is 9.64. The summed E-state index contributed by atoms with van der Waals surface area (Å²) in [6.07, 6.45) is -1.02. The van der Waals surface area contributed by atoms with Gasteiger partial charge in [-0.05, 0) is 19.9 Å². The molecule has 1 atom stereocenters. The molecule has 0 radical (unpaired) electrons. The van der Waals surface area contributed by atoms with E-state index < -0.39 is 6.09 Å². The van der Waals surface area contributed by atoms with Gasteiger partial charge in [-0.25, -0.2) is 4.48 Å². The SMILES string of the molecule is CCN1C[N+](CC)(C(=O)[O-])c2ccccc21. The van der Waals surface area contributed by atoms with E-state index in [0.717, 1.165) is 17.9 Å². The number of hydrogen-bond donors (Lipinski definition) is 0. The quantitative estimate of drug-likeness (QED) is 0.702. The average molecular weight is 220 g/mol. The maximum Gasteiger partial charge on any atom is 0.264 e. The molecule has 4 nitrogen and oxygen atoms in total. The van der Waals surface area contributed by atoms with Gasteiger partial charge in [0, 0.05) is 12.6 Å². The van der Waals surface area contributed by atoms with Crippen LogP contribution in [-0.2, 0) is 0 Å². The minimum atomic E-state index is -1.02. The number of amides is 1. The summed E-state index contributed by atoms with van der Waals surface area (Å²) in [7, 11) is 0. The lowest BCUT2D eigenvalue weighted by atomic mass is 10.2. The van der Waals surface area contributed by atoms with E-state index in [-0.39, 0.29) is 4.48 Å². The number of anilines is 1. The molecule has 1 aliphatic rings. The second-order valence-corrected chi connectivity index (χ2v) is 4.04. The van der Waals surface area contributed by atoms with E-state index >= 15 is 0 Å². The summed E-state index contributed by atoms with van der Waals surface area (Å²) >= 11 is 0. The molecule has 0 bridgehead atoms. The lowest BCUT2D eigenvalue weighted by molar-refractivity contribution is -0.263. The molecule has 1 aromatic rings. The van der Waals surface area contributed by atoms with E-state index in [1.54, 1.807) is 0 Å². The van der Waals surface area contributed by atoms with E-state index in [1.165, 1.54) is 0 Å². The molecule has 0 saturated heterocycles. The van der Waals surface area contributed by atoms with Crippen molar-refractivity contribution in [1.29, 1.82) is 0 Å². The molecule has 1 aliphatic heterocycles. The Morgan fingerprint density at radius 1 is 1.44 bits per heavy atom. The van der Waals surface area contributed by atoms with Gasteiger partial charge in [-0.15, -0.1) is 0 Å². The van der Waals surface area contributed by atoms with Crippen LogP contribution in [0.2, 0.25) is 0 Å². The molecule has 0 aliphatic carbocycles. The summed E-state index contributed by atoms with van der Waals surface area (Å²) in [5.74, 6) is 0. The number of carbonyl (C=O) groups is 1. The van der Waals surface area contributed by atoms with E-state index in [2.05, 4.69) is 4.90 Å². The molecule has 2 rings (SSSR count). The molecule has 1 aromatic carbocycles. The van der Waals surface area contributed by atoms with Crippen LogP contribution in [0.25, 0.3) is 0 Å². The molecule has 1 amide bonds. The van der Waals surface area contributed by atoms with Gasteiger partial charge in [0.1, 0.15) is 5.69 Å². The predicted molar refractivity (Wildman–Crippen MR) is 62.1 cm³/mol. The van der Waals surface area contributed by atoms with Crippen molar-refractivity contribution in [2.45, 2.75) is 13.8 Å². The van der Waals surface area contributed by atoms with Gasteiger partial charge in [-0.1, -0.05) is 12.1 Å². The number of benzene rings is 1. The molecule has 0 aromatic heterocycles. The minimum Gasteiger partial charge on any atom is -0.498 e. The zero-order valence-electron chi connectivity index (χ0n) is 9.64. The molecular weight excluding hydrogens is 204 g/mol. The van der Waals surface area contributed by atoms with Gasteiger partial charge in [0.25, 0.3) is 6.09 Å². The third-order valence-corrected chi connectivity index (χ3v) is 3.37. The Morgan fingerprint density at radius 3 is 2.69 bits per heavy atom. The first-order chi connectivity index (χ1) is 7.65. The Hall–Kier alpha value is -1.55. The molecule has 1 heterocycles. The van der Waals surface area contributed by atoms with Crippen LogP contribution in [-0.4, -0.2) is 25.9 Å². The fourth-order valence-electron chi connectivity index (χ4n) is 2.36. The third kappa shape index (κ3) is 1.30. The van der Waals surface area contributed by atoms with Gasteiger partial charge >= 0.3 is 0 Å². The highest BCUT2D eigenvalue weighted by atomic mass is 16.4. The summed E-state index contributed by atoms with van der Waals surface area (Å²) in [5, 5.41) is 11.4. The molecule has 0 fully saturated rings. The summed E-state index contributed by atoms with van der Waals surface area (Å²) in [4.78, 5) is 13.5. The largest absolute Gasteiger partial charge is 0.498 e. The van der Waals surface area contributed by atoms with Gasteiger partial charge in [-0.2, -0.15) is 0 Å². The molecule has 0 saturated carbocycles. The van der Waals surface area contributed by atoms with Crippen molar-refractivity contribution in [1.82, 2.24) is 4.48 Å². The molecule has 16 heavy (non-hydrogen) atoms. The van der Waals surface area contributed by atoms with Crippen molar-refractivity contribution in [3.05, 3.63) is 24.3 Å². The van der Waals surface area contributed by atoms with E-state index in [1.807, 2.05) is 38.1 Å².